The molecule has 0 unspecified atom stereocenters. The average molecular weight is 363 g/mol. The number of halogens is 1. The first-order valence-corrected chi connectivity index (χ1v) is 9.69. The Balaban J connectivity index is 0.00000100. The minimum absolute atomic E-state index is 0.325. The van der Waals surface area contributed by atoms with Crippen LogP contribution in [0, 0.1) is 0 Å². The number of thioether (sulfide) groups is 1. The Morgan fingerprint density at radius 1 is 1.17 bits per heavy atom. The van der Waals surface area contributed by atoms with Crippen molar-refractivity contribution in [3.05, 3.63) is 53.9 Å². The van der Waals surface area contributed by atoms with E-state index in [1.807, 2.05) is 54.9 Å². The van der Waals surface area contributed by atoms with Gasteiger partial charge in [0.1, 0.15) is 5.75 Å². The first-order chi connectivity index (χ1) is 11.7. The van der Waals surface area contributed by atoms with Gasteiger partial charge in [0.05, 0.1) is 11.6 Å². The number of benzene rings is 2. The summed E-state index contributed by atoms with van der Waals surface area (Å²) in [7, 11) is 0. The molecule has 0 atom stereocenters. The summed E-state index contributed by atoms with van der Waals surface area (Å²) in [6.07, 6.45) is 0. The van der Waals surface area contributed by atoms with E-state index in [0.717, 1.165) is 39.4 Å². The molecule has 2 aromatic carbocycles. The molecule has 3 rings (SSSR count). The molecule has 0 bridgehead atoms. The molecule has 3 nitrogen and oxygen atoms in total. The summed E-state index contributed by atoms with van der Waals surface area (Å²) in [5, 5.41) is 16.5. The molecule has 0 radical (unpaired) electrons. The highest BCUT2D eigenvalue weighted by Gasteiger charge is 2.08. The standard InChI is InChI=1S/C17H17ClN2OS.C2H6/c1-2-20-14(8-13(10-18)19-20)11-22-15-7-12-5-3-4-6-16(12)17(21)9-15;1-2/h3-9,21H,2,10-11H2,1H3;1-2H3. The van der Waals surface area contributed by atoms with Gasteiger partial charge in [0.2, 0.25) is 0 Å². The van der Waals surface area contributed by atoms with Crippen molar-refractivity contribution in [1.29, 1.82) is 0 Å². The van der Waals surface area contributed by atoms with E-state index in [0.29, 0.717) is 11.6 Å². The molecule has 1 N–H and O–H groups in total. The lowest BCUT2D eigenvalue weighted by Crippen LogP contribution is -2.01. The highest BCUT2D eigenvalue weighted by atomic mass is 35.5. The van der Waals surface area contributed by atoms with Crippen molar-refractivity contribution >= 4 is 34.1 Å². The summed E-state index contributed by atoms with van der Waals surface area (Å²) in [6.45, 7) is 6.90. The highest BCUT2D eigenvalue weighted by molar-refractivity contribution is 7.98. The van der Waals surface area contributed by atoms with E-state index in [1.54, 1.807) is 11.8 Å². The molecule has 0 aliphatic heterocycles. The van der Waals surface area contributed by atoms with Crippen LogP contribution in [0.5, 0.6) is 5.75 Å². The van der Waals surface area contributed by atoms with E-state index in [4.69, 9.17) is 11.6 Å². The predicted molar refractivity (Wildman–Crippen MR) is 104 cm³/mol. The van der Waals surface area contributed by atoms with Gasteiger partial charge < -0.3 is 5.11 Å². The number of rotatable bonds is 5. The van der Waals surface area contributed by atoms with Crippen LogP contribution in [0.2, 0.25) is 0 Å². The Kier molecular flexibility index (Phi) is 7.00. The smallest absolute Gasteiger partial charge is 0.124 e. The van der Waals surface area contributed by atoms with Crippen LogP contribution in [-0.4, -0.2) is 14.9 Å². The number of aromatic hydroxyl groups is 1. The van der Waals surface area contributed by atoms with Gasteiger partial charge in [0.15, 0.2) is 0 Å². The minimum Gasteiger partial charge on any atom is -0.507 e. The predicted octanol–water partition coefficient (Wildman–Crippen LogP) is 5.82. The highest BCUT2D eigenvalue weighted by Crippen LogP contribution is 2.32. The van der Waals surface area contributed by atoms with Gasteiger partial charge in [-0.15, -0.1) is 23.4 Å². The maximum atomic E-state index is 10.1. The number of aryl methyl sites for hydroxylation is 1. The number of phenolic OH excluding ortho intramolecular Hbond substituents is 1. The SMILES string of the molecule is CC.CCn1nc(CCl)cc1CSc1cc(O)c2ccccc2c1. The van der Waals surface area contributed by atoms with E-state index in [2.05, 4.69) is 18.1 Å². The number of phenols is 1. The van der Waals surface area contributed by atoms with Gasteiger partial charge in [-0.05, 0) is 30.5 Å². The molecule has 0 aliphatic rings. The third kappa shape index (κ3) is 4.25. The molecule has 24 heavy (non-hydrogen) atoms. The largest absolute Gasteiger partial charge is 0.507 e. The second-order valence-electron chi connectivity index (χ2n) is 5.03. The summed E-state index contributed by atoms with van der Waals surface area (Å²) < 4.78 is 1.98. The normalized spacial score (nSPS) is 10.5. The van der Waals surface area contributed by atoms with Gasteiger partial charge in [-0.3, -0.25) is 4.68 Å². The van der Waals surface area contributed by atoms with Gasteiger partial charge in [-0.25, -0.2) is 0 Å². The molecule has 1 aromatic heterocycles. The van der Waals surface area contributed by atoms with Crippen molar-refractivity contribution in [3.8, 4) is 5.75 Å². The van der Waals surface area contributed by atoms with Crippen LogP contribution in [0.4, 0.5) is 0 Å². The number of hydrogen-bond donors (Lipinski definition) is 1. The van der Waals surface area contributed by atoms with Crippen molar-refractivity contribution in [3.63, 3.8) is 0 Å². The summed E-state index contributed by atoms with van der Waals surface area (Å²) in [5.41, 5.74) is 2.05. The third-order valence-corrected chi connectivity index (χ3v) is 4.83. The Morgan fingerprint density at radius 2 is 1.92 bits per heavy atom. The van der Waals surface area contributed by atoms with Crippen LogP contribution in [0.3, 0.4) is 0 Å². The lowest BCUT2D eigenvalue weighted by molar-refractivity contribution is 0.480. The number of nitrogens with zero attached hydrogens (tertiary/aromatic N) is 2. The molecule has 1 heterocycles. The van der Waals surface area contributed by atoms with E-state index < -0.39 is 0 Å². The zero-order valence-corrected chi connectivity index (χ0v) is 15.9. The molecule has 0 spiro atoms. The van der Waals surface area contributed by atoms with E-state index in [9.17, 15) is 5.11 Å². The van der Waals surface area contributed by atoms with E-state index in [-0.39, 0.29) is 0 Å². The molecule has 0 saturated carbocycles. The van der Waals surface area contributed by atoms with Gasteiger partial charge >= 0.3 is 0 Å². The van der Waals surface area contributed by atoms with E-state index >= 15 is 0 Å². The topological polar surface area (TPSA) is 38.0 Å². The van der Waals surface area contributed by atoms with Crippen LogP contribution in [0.1, 0.15) is 32.2 Å². The Bertz CT molecular complexity index is 801. The van der Waals surface area contributed by atoms with Crippen molar-refractivity contribution in [2.45, 2.75) is 43.8 Å². The monoisotopic (exact) mass is 362 g/mol. The Morgan fingerprint density at radius 3 is 2.62 bits per heavy atom. The van der Waals surface area contributed by atoms with Gasteiger partial charge in [0, 0.05) is 28.3 Å². The Labute approximate surface area is 152 Å². The van der Waals surface area contributed by atoms with Crippen LogP contribution >= 0.6 is 23.4 Å². The molecule has 128 valence electrons. The molecule has 5 heteroatoms. The van der Waals surface area contributed by atoms with Crippen molar-refractivity contribution in [2.75, 3.05) is 0 Å². The first kappa shape index (κ1) is 18.7. The lowest BCUT2D eigenvalue weighted by Gasteiger charge is -2.07. The second-order valence-corrected chi connectivity index (χ2v) is 6.34. The molecule has 0 aliphatic carbocycles. The van der Waals surface area contributed by atoms with E-state index in [1.165, 1.54) is 0 Å². The molecule has 0 saturated heterocycles. The second kappa shape index (κ2) is 9.00. The van der Waals surface area contributed by atoms with Crippen LogP contribution in [0.15, 0.2) is 47.4 Å². The molecule has 3 aromatic rings. The average Bonchev–Trinajstić information content (AvgIpc) is 3.04. The summed E-state index contributed by atoms with van der Waals surface area (Å²) in [6, 6.07) is 13.8. The third-order valence-electron chi connectivity index (χ3n) is 3.55. The fraction of sp³-hybridized carbons (Fsp3) is 0.316. The van der Waals surface area contributed by atoms with Crippen LogP contribution in [-0.2, 0) is 18.2 Å². The van der Waals surface area contributed by atoms with Crippen LogP contribution < -0.4 is 0 Å². The zero-order chi connectivity index (χ0) is 17.5. The van der Waals surface area contributed by atoms with Crippen molar-refractivity contribution in [2.24, 2.45) is 0 Å². The number of hydrogen-bond acceptors (Lipinski definition) is 3. The van der Waals surface area contributed by atoms with Crippen molar-refractivity contribution < 1.29 is 5.11 Å². The lowest BCUT2D eigenvalue weighted by atomic mass is 10.1. The zero-order valence-electron chi connectivity index (χ0n) is 14.3. The quantitative estimate of drug-likeness (QED) is 0.459. The van der Waals surface area contributed by atoms with Crippen molar-refractivity contribution in [1.82, 2.24) is 9.78 Å². The summed E-state index contributed by atoms with van der Waals surface area (Å²) in [5.74, 6) is 1.56. The first-order valence-electron chi connectivity index (χ1n) is 8.17. The number of alkyl halides is 1. The summed E-state index contributed by atoms with van der Waals surface area (Å²) >= 11 is 7.55. The van der Waals surface area contributed by atoms with Crippen LogP contribution in [0.25, 0.3) is 10.8 Å². The maximum absolute atomic E-state index is 10.1. The molecular formula is C19H23ClN2OS. The minimum atomic E-state index is 0.325. The maximum Gasteiger partial charge on any atom is 0.124 e. The molecule has 0 fully saturated rings. The van der Waals surface area contributed by atoms with Gasteiger partial charge in [-0.2, -0.15) is 5.10 Å². The number of fused-ring (bicyclic) bond motifs is 1. The molecular weight excluding hydrogens is 340 g/mol. The molecule has 0 amide bonds. The number of aromatic nitrogens is 2. The van der Waals surface area contributed by atoms with Gasteiger partial charge in [-0.1, -0.05) is 38.1 Å². The Hall–Kier alpha value is -1.65. The fourth-order valence-electron chi connectivity index (χ4n) is 2.47. The van der Waals surface area contributed by atoms with Gasteiger partial charge in [0.25, 0.3) is 0 Å². The fourth-order valence-corrected chi connectivity index (χ4v) is 3.56. The summed E-state index contributed by atoms with van der Waals surface area (Å²) in [4.78, 5) is 1.05.